The fraction of sp³-hybridized carbons (Fsp3) is 0.235. The number of amides is 1. The van der Waals surface area contributed by atoms with Gasteiger partial charge in [0.15, 0.2) is 0 Å². The third-order valence-corrected chi connectivity index (χ3v) is 4.72. The van der Waals surface area contributed by atoms with E-state index in [1.165, 1.54) is 12.1 Å². The Labute approximate surface area is 127 Å². The maximum absolute atomic E-state index is 13.5. The van der Waals surface area contributed by atoms with E-state index in [9.17, 15) is 9.18 Å². The minimum atomic E-state index is -0.258. The monoisotopic (exact) mass is 301 g/mol. The second kappa shape index (κ2) is 5.90. The molecule has 108 valence electrons. The number of hydrogen-bond acceptors (Lipinski definition) is 2. The Morgan fingerprint density at radius 3 is 2.95 bits per heavy atom. The average Bonchev–Trinajstić information content (AvgIpc) is 2.48. The smallest absolute Gasteiger partial charge is 0.251 e. The molecule has 0 bridgehead atoms. The van der Waals surface area contributed by atoms with Crippen molar-refractivity contribution in [1.82, 2.24) is 5.32 Å². The molecule has 1 N–H and O–H groups in total. The zero-order chi connectivity index (χ0) is 14.8. The summed E-state index contributed by atoms with van der Waals surface area (Å²) >= 11 is 1.71. The second-order valence-electron chi connectivity index (χ2n) is 5.21. The number of halogens is 1. The van der Waals surface area contributed by atoms with Crippen LogP contribution in [-0.2, 0) is 0 Å². The number of rotatable bonds is 2. The van der Waals surface area contributed by atoms with Crippen LogP contribution in [0.25, 0.3) is 0 Å². The molecular formula is C17H16FNOS. The summed E-state index contributed by atoms with van der Waals surface area (Å²) < 4.78 is 13.5. The van der Waals surface area contributed by atoms with Gasteiger partial charge in [-0.15, -0.1) is 11.8 Å². The lowest BCUT2D eigenvalue weighted by molar-refractivity contribution is 0.0935. The molecule has 2 nitrogen and oxygen atoms in total. The van der Waals surface area contributed by atoms with E-state index in [1.54, 1.807) is 23.9 Å². The molecule has 1 aliphatic rings. The molecule has 1 atom stereocenters. The quantitative estimate of drug-likeness (QED) is 0.904. The van der Waals surface area contributed by atoms with Gasteiger partial charge in [-0.1, -0.05) is 17.7 Å². The number of benzene rings is 2. The standard InChI is InChI=1S/C17H16FNOS/c1-11-3-2-4-12(9-11)17(20)19-15-7-8-21-16-6-5-13(18)10-14(15)16/h2-6,9-10,15H,7-8H2,1H3,(H,19,20)/t15-/m0/s1. The van der Waals surface area contributed by atoms with Crippen LogP contribution in [0.5, 0.6) is 0 Å². The van der Waals surface area contributed by atoms with Gasteiger partial charge in [0.1, 0.15) is 5.82 Å². The van der Waals surface area contributed by atoms with Crippen molar-refractivity contribution in [3.63, 3.8) is 0 Å². The molecule has 1 heterocycles. The van der Waals surface area contributed by atoms with Gasteiger partial charge >= 0.3 is 0 Å². The number of carbonyl (C=O) groups excluding carboxylic acids is 1. The molecule has 0 radical (unpaired) electrons. The van der Waals surface area contributed by atoms with Crippen LogP contribution >= 0.6 is 11.8 Å². The first-order chi connectivity index (χ1) is 10.1. The number of thioether (sulfide) groups is 1. The normalized spacial score (nSPS) is 17.1. The lowest BCUT2D eigenvalue weighted by Gasteiger charge is -2.26. The topological polar surface area (TPSA) is 29.1 Å². The van der Waals surface area contributed by atoms with Crippen molar-refractivity contribution in [1.29, 1.82) is 0 Å². The lowest BCUT2D eigenvalue weighted by Crippen LogP contribution is -2.30. The summed E-state index contributed by atoms with van der Waals surface area (Å²) in [6.07, 6.45) is 0.818. The SMILES string of the molecule is Cc1cccc(C(=O)N[C@H]2CCSc3ccc(F)cc32)c1. The highest BCUT2D eigenvalue weighted by atomic mass is 32.2. The van der Waals surface area contributed by atoms with Crippen LogP contribution in [0.4, 0.5) is 4.39 Å². The van der Waals surface area contributed by atoms with E-state index >= 15 is 0 Å². The Kier molecular flexibility index (Phi) is 3.97. The molecule has 0 saturated heterocycles. The minimum Gasteiger partial charge on any atom is -0.345 e. The molecule has 0 unspecified atom stereocenters. The van der Waals surface area contributed by atoms with Gasteiger partial charge in [-0.3, -0.25) is 4.79 Å². The number of hydrogen-bond donors (Lipinski definition) is 1. The molecule has 1 aliphatic heterocycles. The van der Waals surface area contributed by atoms with E-state index in [4.69, 9.17) is 0 Å². The lowest BCUT2D eigenvalue weighted by atomic mass is 10.0. The molecular weight excluding hydrogens is 285 g/mol. The van der Waals surface area contributed by atoms with Crippen molar-refractivity contribution >= 4 is 17.7 Å². The largest absolute Gasteiger partial charge is 0.345 e. The first-order valence-electron chi connectivity index (χ1n) is 6.93. The Bertz CT molecular complexity index is 686. The van der Waals surface area contributed by atoms with Gasteiger partial charge in [-0.25, -0.2) is 4.39 Å². The van der Waals surface area contributed by atoms with Gasteiger partial charge in [0.05, 0.1) is 6.04 Å². The Morgan fingerprint density at radius 2 is 2.14 bits per heavy atom. The average molecular weight is 301 g/mol. The van der Waals surface area contributed by atoms with Crippen molar-refractivity contribution in [2.24, 2.45) is 0 Å². The van der Waals surface area contributed by atoms with Crippen molar-refractivity contribution in [2.45, 2.75) is 24.3 Å². The predicted molar refractivity (Wildman–Crippen MR) is 83.1 cm³/mol. The number of aryl methyl sites for hydroxylation is 1. The van der Waals surface area contributed by atoms with Crippen LogP contribution < -0.4 is 5.32 Å². The molecule has 0 spiro atoms. The molecule has 2 aromatic rings. The Morgan fingerprint density at radius 1 is 1.29 bits per heavy atom. The summed E-state index contributed by atoms with van der Waals surface area (Å²) in [7, 11) is 0. The van der Waals surface area contributed by atoms with Gasteiger partial charge in [-0.05, 0) is 49.2 Å². The van der Waals surface area contributed by atoms with Crippen molar-refractivity contribution < 1.29 is 9.18 Å². The number of fused-ring (bicyclic) bond motifs is 1. The molecule has 0 fully saturated rings. The summed E-state index contributed by atoms with van der Waals surface area (Å²) in [4.78, 5) is 13.4. The van der Waals surface area contributed by atoms with Crippen LogP contribution in [-0.4, -0.2) is 11.7 Å². The molecule has 0 aliphatic carbocycles. The molecule has 3 rings (SSSR count). The third-order valence-electron chi connectivity index (χ3n) is 3.60. The van der Waals surface area contributed by atoms with Gasteiger partial charge in [-0.2, -0.15) is 0 Å². The van der Waals surface area contributed by atoms with E-state index in [0.29, 0.717) is 5.56 Å². The predicted octanol–water partition coefficient (Wildman–Crippen LogP) is 4.10. The highest BCUT2D eigenvalue weighted by Crippen LogP contribution is 2.36. The van der Waals surface area contributed by atoms with E-state index in [-0.39, 0.29) is 17.8 Å². The van der Waals surface area contributed by atoms with E-state index in [2.05, 4.69) is 5.32 Å². The van der Waals surface area contributed by atoms with Crippen molar-refractivity contribution in [2.75, 3.05) is 5.75 Å². The van der Waals surface area contributed by atoms with Gasteiger partial charge < -0.3 is 5.32 Å². The van der Waals surface area contributed by atoms with E-state index in [0.717, 1.165) is 28.2 Å². The van der Waals surface area contributed by atoms with Crippen molar-refractivity contribution in [3.05, 3.63) is 65.0 Å². The fourth-order valence-corrected chi connectivity index (χ4v) is 3.65. The molecule has 4 heteroatoms. The zero-order valence-electron chi connectivity index (χ0n) is 11.7. The van der Waals surface area contributed by atoms with Crippen LogP contribution in [0.2, 0.25) is 0 Å². The maximum Gasteiger partial charge on any atom is 0.251 e. The highest BCUT2D eigenvalue weighted by Gasteiger charge is 2.23. The first-order valence-corrected chi connectivity index (χ1v) is 7.92. The van der Waals surface area contributed by atoms with Crippen LogP contribution in [0.1, 0.15) is 33.9 Å². The summed E-state index contributed by atoms with van der Waals surface area (Å²) in [6.45, 7) is 1.96. The van der Waals surface area contributed by atoms with Crippen molar-refractivity contribution in [3.8, 4) is 0 Å². The molecule has 0 saturated carbocycles. The molecule has 2 aromatic carbocycles. The van der Waals surface area contributed by atoms with Crippen LogP contribution in [0.3, 0.4) is 0 Å². The molecule has 1 amide bonds. The fourth-order valence-electron chi connectivity index (χ4n) is 2.54. The van der Waals surface area contributed by atoms with E-state index < -0.39 is 0 Å². The number of nitrogens with one attached hydrogen (secondary N) is 1. The molecule has 21 heavy (non-hydrogen) atoms. The summed E-state index contributed by atoms with van der Waals surface area (Å²) in [5, 5.41) is 3.03. The summed E-state index contributed by atoms with van der Waals surface area (Å²) in [5.74, 6) is 0.564. The second-order valence-corrected chi connectivity index (χ2v) is 6.35. The van der Waals surface area contributed by atoms with Gasteiger partial charge in [0.2, 0.25) is 0 Å². The molecule has 0 aromatic heterocycles. The van der Waals surface area contributed by atoms with Gasteiger partial charge in [0.25, 0.3) is 5.91 Å². The van der Waals surface area contributed by atoms with Gasteiger partial charge in [0, 0.05) is 16.2 Å². The Hall–Kier alpha value is -1.81. The van der Waals surface area contributed by atoms with E-state index in [1.807, 2.05) is 25.1 Å². The summed E-state index contributed by atoms with van der Waals surface area (Å²) in [6, 6.07) is 12.2. The zero-order valence-corrected chi connectivity index (χ0v) is 12.5. The van der Waals surface area contributed by atoms with Crippen LogP contribution in [0, 0.1) is 12.7 Å². The highest BCUT2D eigenvalue weighted by molar-refractivity contribution is 7.99. The third kappa shape index (κ3) is 3.10. The minimum absolute atomic E-state index is 0.106. The Balaban J connectivity index is 1.83. The van der Waals surface area contributed by atoms with Crippen LogP contribution in [0.15, 0.2) is 47.4 Å². The maximum atomic E-state index is 13.5. The first kappa shape index (κ1) is 14.1. The summed E-state index contributed by atoms with van der Waals surface area (Å²) in [5.41, 5.74) is 2.58. The number of carbonyl (C=O) groups is 1.